The van der Waals surface area contributed by atoms with E-state index in [1.165, 1.54) is 28.7 Å². The molecule has 0 aliphatic rings. The molecule has 0 aliphatic heterocycles. The first-order chi connectivity index (χ1) is 10.8. The monoisotopic (exact) mass is 287 g/mol. The topological polar surface area (TPSA) is 12.9 Å². The lowest BCUT2D eigenvalue weighted by Crippen LogP contribution is -1.86. The van der Waals surface area contributed by atoms with Crippen molar-refractivity contribution >= 4 is 0 Å². The van der Waals surface area contributed by atoms with Gasteiger partial charge in [-0.05, 0) is 47.7 Å². The number of nitrogens with zero attached hydrogens (tertiary/aromatic N) is 1. The van der Waals surface area contributed by atoms with Crippen LogP contribution in [-0.4, -0.2) is 4.98 Å². The minimum atomic E-state index is 1.02. The van der Waals surface area contributed by atoms with Crippen molar-refractivity contribution in [1.82, 2.24) is 4.98 Å². The fraction of sp³-hybridized carbons (Fsp3) is 0.190. The third-order valence-corrected chi connectivity index (χ3v) is 3.90. The molecular formula is C21H21N. The Morgan fingerprint density at radius 2 is 1.59 bits per heavy atom. The molecule has 0 N–H and O–H groups in total. The maximum absolute atomic E-state index is 4.52. The maximum Gasteiger partial charge on any atom is 0.0702 e. The predicted molar refractivity (Wildman–Crippen MR) is 93.8 cm³/mol. The molecule has 2 aromatic carbocycles. The molecule has 1 heterocycles. The van der Waals surface area contributed by atoms with E-state index < -0.39 is 0 Å². The molecule has 0 atom stereocenters. The van der Waals surface area contributed by atoms with Crippen molar-refractivity contribution in [2.75, 3.05) is 0 Å². The fourth-order valence-electron chi connectivity index (χ4n) is 2.65. The van der Waals surface area contributed by atoms with Gasteiger partial charge < -0.3 is 0 Å². The van der Waals surface area contributed by atoms with E-state index in [0.717, 1.165) is 17.7 Å². The summed E-state index contributed by atoms with van der Waals surface area (Å²) < 4.78 is 0. The van der Waals surface area contributed by atoms with Gasteiger partial charge in [-0.2, -0.15) is 0 Å². The number of rotatable bonds is 4. The second-order valence-electron chi connectivity index (χ2n) is 5.75. The van der Waals surface area contributed by atoms with Gasteiger partial charge in [-0.1, -0.05) is 61.9 Å². The van der Waals surface area contributed by atoms with Crippen LogP contribution in [0.3, 0.4) is 0 Å². The molecule has 0 fully saturated rings. The Bertz CT molecular complexity index is 740. The van der Waals surface area contributed by atoms with Gasteiger partial charge in [-0.3, -0.25) is 4.98 Å². The number of hydrogen-bond donors (Lipinski definition) is 0. The van der Waals surface area contributed by atoms with Crippen molar-refractivity contribution in [3.8, 4) is 22.4 Å². The molecule has 1 heteroatoms. The molecule has 0 amide bonds. The molecular weight excluding hydrogens is 266 g/mol. The van der Waals surface area contributed by atoms with E-state index in [2.05, 4.69) is 79.5 Å². The number of pyridine rings is 1. The molecule has 0 spiro atoms. The largest absolute Gasteiger partial charge is 0.256 e. The summed E-state index contributed by atoms with van der Waals surface area (Å²) in [6, 6.07) is 21.7. The molecule has 110 valence electrons. The highest BCUT2D eigenvalue weighted by molar-refractivity contribution is 5.71. The predicted octanol–water partition coefficient (Wildman–Crippen LogP) is 5.68. The van der Waals surface area contributed by atoms with Crippen molar-refractivity contribution in [2.24, 2.45) is 0 Å². The average Bonchev–Trinajstić information content (AvgIpc) is 2.57. The fourth-order valence-corrected chi connectivity index (χ4v) is 2.65. The standard InChI is InChI=1S/C21H21N/c1-3-5-17-9-11-18(12-10-17)19-6-4-7-20(14-19)21-13-8-16(2)15-22-21/h4,6-15H,3,5H2,1-2H3. The Labute approximate surface area is 132 Å². The van der Waals surface area contributed by atoms with Crippen LogP contribution in [0.15, 0.2) is 66.9 Å². The van der Waals surface area contributed by atoms with Gasteiger partial charge in [-0.25, -0.2) is 0 Å². The highest BCUT2D eigenvalue weighted by atomic mass is 14.7. The van der Waals surface area contributed by atoms with Crippen LogP contribution in [0, 0.1) is 6.92 Å². The highest BCUT2D eigenvalue weighted by Crippen LogP contribution is 2.25. The number of hydrogen-bond acceptors (Lipinski definition) is 1. The molecule has 3 aromatic rings. The Morgan fingerprint density at radius 1 is 0.818 bits per heavy atom. The molecule has 0 bridgehead atoms. The summed E-state index contributed by atoms with van der Waals surface area (Å²) in [7, 11) is 0. The van der Waals surface area contributed by atoms with Gasteiger partial charge in [0, 0.05) is 11.8 Å². The van der Waals surface area contributed by atoms with Gasteiger partial charge in [-0.15, -0.1) is 0 Å². The van der Waals surface area contributed by atoms with Gasteiger partial charge in [0.1, 0.15) is 0 Å². The molecule has 0 radical (unpaired) electrons. The van der Waals surface area contributed by atoms with Crippen LogP contribution >= 0.6 is 0 Å². The van der Waals surface area contributed by atoms with E-state index in [-0.39, 0.29) is 0 Å². The van der Waals surface area contributed by atoms with Gasteiger partial charge in [0.2, 0.25) is 0 Å². The van der Waals surface area contributed by atoms with Crippen LogP contribution in [0.5, 0.6) is 0 Å². The molecule has 0 unspecified atom stereocenters. The third-order valence-electron chi connectivity index (χ3n) is 3.90. The summed E-state index contributed by atoms with van der Waals surface area (Å²) in [6.45, 7) is 4.27. The molecule has 0 saturated carbocycles. The maximum atomic E-state index is 4.52. The van der Waals surface area contributed by atoms with E-state index in [4.69, 9.17) is 0 Å². The van der Waals surface area contributed by atoms with E-state index in [9.17, 15) is 0 Å². The number of benzene rings is 2. The Balaban J connectivity index is 1.92. The summed E-state index contributed by atoms with van der Waals surface area (Å²) >= 11 is 0. The first kappa shape index (κ1) is 14.5. The van der Waals surface area contributed by atoms with Crippen molar-refractivity contribution in [3.63, 3.8) is 0 Å². The smallest absolute Gasteiger partial charge is 0.0702 e. The second kappa shape index (κ2) is 6.57. The summed E-state index contributed by atoms with van der Waals surface area (Å²) in [5.74, 6) is 0. The van der Waals surface area contributed by atoms with Crippen LogP contribution in [0.1, 0.15) is 24.5 Å². The van der Waals surface area contributed by atoms with Crippen LogP contribution in [0.4, 0.5) is 0 Å². The summed E-state index contributed by atoms with van der Waals surface area (Å²) in [5, 5.41) is 0. The van der Waals surface area contributed by atoms with Gasteiger partial charge in [0.15, 0.2) is 0 Å². The molecule has 0 aliphatic carbocycles. The Kier molecular flexibility index (Phi) is 4.34. The van der Waals surface area contributed by atoms with Crippen molar-refractivity contribution in [3.05, 3.63) is 78.0 Å². The van der Waals surface area contributed by atoms with Crippen LogP contribution in [0.2, 0.25) is 0 Å². The van der Waals surface area contributed by atoms with E-state index in [0.29, 0.717) is 0 Å². The van der Waals surface area contributed by atoms with Gasteiger partial charge in [0.25, 0.3) is 0 Å². The first-order valence-corrected chi connectivity index (χ1v) is 7.88. The van der Waals surface area contributed by atoms with Gasteiger partial charge in [0.05, 0.1) is 5.69 Å². The zero-order valence-corrected chi connectivity index (χ0v) is 13.2. The lowest BCUT2D eigenvalue weighted by molar-refractivity contribution is 0.922. The van der Waals surface area contributed by atoms with Crippen LogP contribution < -0.4 is 0 Å². The van der Waals surface area contributed by atoms with Crippen molar-refractivity contribution in [1.29, 1.82) is 0 Å². The minimum Gasteiger partial charge on any atom is -0.256 e. The zero-order valence-electron chi connectivity index (χ0n) is 13.2. The zero-order chi connectivity index (χ0) is 15.4. The summed E-state index contributed by atoms with van der Waals surface area (Å²) in [4.78, 5) is 4.52. The third kappa shape index (κ3) is 3.25. The summed E-state index contributed by atoms with van der Waals surface area (Å²) in [6.07, 6.45) is 4.25. The number of aromatic nitrogens is 1. The van der Waals surface area contributed by atoms with Crippen LogP contribution in [0.25, 0.3) is 22.4 Å². The Hall–Kier alpha value is -2.41. The quantitative estimate of drug-likeness (QED) is 0.602. The molecule has 1 aromatic heterocycles. The molecule has 1 nitrogen and oxygen atoms in total. The molecule has 22 heavy (non-hydrogen) atoms. The van der Waals surface area contributed by atoms with E-state index in [1.54, 1.807) is 0 Å². The van der Waals surface area contributed by atoms with E-state index >= 15 is 0 Å². The molecule has 3 rings (SSSR count). The highest BCUT2D eigenvalue weighted by Gasteiger charge is 2.03. The average molecular weight is 287 g/mol. The van der Waals surface area contributed by atoms with Crippen molar-refractivity contribution < 1.29 is 0 Å². The van der Waals surface area contributed by atoms with E-state index in [1.807, 2.05) is 6.20 Å². The SMILES string of the molecule is CCCc1ccc(-c2cccc(-c3ccc(C)cn3)c2)cc1. The molecule has 0 saturated heterocycles. The lowest BCUT2D eigenvalue weighted by Gasteiger charge is -2.07. The Morgan fingerprint density at radius 3 is 2.27 bits per heavy atom. The minimum absolute atomic E-state index is 1.02. The van der Waals surface area contributed by atoms with Gasteiger partial charge >= 0.3 is 0 Å². The van der Waals surface area contributed by atoms with Crippen LogP contribution in [-0.2, 0) is 6.42 Å². The summed E-state index contributed by atoms with van der Waals surface area (Å²) in [5.41, 5.74) is 7.27. The lowest BCUT2D eigenvalue weighted by atomic mass is 9.99. The number of aryl methyl sites for hydroxylation is 2. The normalized spacial score (nSPS) is 10.6. The first-order valence-electron chi connectivity index (χ1n) is 7.88. The van der Waals surface area contributed by atoms with Crippen molar-refractivity contribution in [2.45, 2.75) is 26.7 Å². The second-order valence-corrected chi connectivity index (χ2v) is 5.75.